The van der Waals surface area contributed by atoms with Crippen LogP contribution in [0.2, 0.25) is 0 Å². The lowest BCUT2D eigenvalue weighted by Gasteiger charge is -2.27. The molecule has 1 heterocycles. The lowest BCUT2D eigenvalue weighted by atomic mass is 10.1. The summed E-state index contributed by atoms with van der Waals surface area (Å²) < 4.78 is 0. The molecule has 0 spiro atoms. The molecular formula is C27H31N3O2S. The van der Waals surface area contributed by atoms with Gasteiger partial charge in [-0.3, -0.25) is 4.79 Å². The Bertz CT molecular complexity index is 1080. The fourth-order valence-corrected chi connectivity index (χ4v) is 4.48. The minimum Gasteiger partial charge on any atom is -0.332 e. The predicted molar refractivity (Wildman–Crippen MR) is 136 cm³/mol. The molecule has 1 N–H and O–H groups in total. The van der Waals surface area contributed by atoms with Gasteiger partial charge in [0.25, 0.3) is 0 Å². The number of rotatable bonds is 10. The Labute approximate surface area is 200 Å². The normalized spacial score (nSPS) is 10.5. The highest BCUT2D eigenvalue weighted by Crippen LogP contribution is 2.20. The van der Waals surface area contributed by atoms with E-state index in [2.05, 4.69) is 31.0 Å². The maximum Gasteiger partial charge on any atom is 0.322 e. The number of amides is 3. The average Bonchev–Trinajstić information content (AvgIpc) is 3.23. The van der Waals surface area contributed by atoms with Crippen molar-refractivity contribution in [3.63, 3.8) is 0 Å². The lowest BCUT2D eigenvalue weighted by Crippen LogP contribution is -2.44. The van der Waals surface area contributed by atoms with Crippen molar-refractivity contribution in [2.24, 2.45) is 0 Å². The van der Waals surface area contributed by atoms with Crippen LogP contribution in [-0.4, -0.2) is 34.8 Å². The summed E-state index contributed by atoms with van der Waals surface area (Å²) in [5.41, 5.74) is 2.87. The van der Waals surface area contributed by atoms with E-state index in [1.54, 1.807) is 17.4 Å². The Morgan fingerprint density at radius 2 is 1.70 bits per heavy atom. The van der Waals surface area contributed by atoms with Gasteiger partial charge in [-0.1, -0.05) is 61.5 Å². The van der Waals surface area contributed by atoms with Gasteiger partial charge in [0.15, 0.2) is 0 Å². The van der Waals surface area contributed by atoms with Crippen molar-refractivity contribution in [1.82, 2.24) is 9.80 Å². The molecule has 0 saturated heterocycles. The molecule has 172 valence electrons. The third-order valence-electron chi connectivity index (χ3n) is 5.31. The third-order valence-corrected chi connectivity index (χ3v) is 6.30. The second-order valence-corrected chi connectivity index (χ2v) is 9.23. The molecule has 0 aliphatic carbocycles. The summed E-state index contributed by atoms with van der Waals surface area (Å²) in [5, 5.41) is 2.96. The van der Waals surface area contributed by atoms with Gasteiger partial charge in [-0.05, 0) is 42.7 Å². The summed E-state index contributed by atoms with van der Waals surface area (Å²) >= 11 is 1.68. The fraction of sp³-hybridized carbons (Fsp3) is 0.259. The molecule has 3 aromatic rings. The number of carbonyl (C=O) groups is 2. The fourth-order valence-electron chi connectivity index (χ4n) is 3.58. The summed E-state index contributed by atoms with van der Waals surface area (Å²) in [5.74, 6) is -0.106. The molecule has 0 unspecified atom stereocenters. The molecule has 5 nitrogen and oxygen atoms in total. The average molecular weight is 462 g/mol. The third kappa shape index (κ3) is 7.05. The number of anilines is 1. The number of carbonyl (C=O) groups excluding carboxylic acids is 2. The van der Waals surface area contributed by atoms with Crippen molar-refractivity contribution in [1.29, 1.82) is 0 Å². The van der Waals surface area contributed by atoms with Crippen LogP contribution in [0.4, 0.5) is 10.5 Å². The topological polar surface area (TPSA) is 52.7 Å². The highest BCUT2D eigenvalue weighted by molar-refractivity contribution is 7.11. The van der Waals surface area contributed by atoms with Gasteiger partial charge < -0.3 is 15.1 Å². The highest BCUT2D eigenvalue weighted by Gasteiger charge is 2.22. The first-order valence-electron chi connectivity index (χ1n) is 11.1. The SMILES string of the molecule is C=CCN(CC(=O)N(Cc1ccccc1)Cc1ccc(C)s1)C(=O)Nc1ccccc1CC. The standard InChI is InChI=1S/C27H31N3O2S/c1-4-17-29(27(32)28-25-14-10-9-13-23(25)5-2)20-26(31)30(18-22-11-7-6-8-12-22)19-24-16-15-21(3)33-24/h4,6-16H,1,5,17-20H2,2-3H3,(H,28,32). The van der Waals surface area contributed by atoms with Crippen LogP contribution in [0.15, 0.2) is 79.4 Å². The number of nitrogens with one attached hydrogen (secondary N) is 1. The van der Waals surface area contributed by atoms with E-state index in [9.17, 15) is 9.59 Å². The molecule has 0 bridgehead atoms. The summed E-state index contributed by atoms with van der Waals surface area (Å²) in [6.07, 6.45) is 2.45. The molecule has 3 amide bonds. The van der Waals surface area contributed by atoms with E-state index in [1.165, 1.54) is 9.78 Å². The van der Waals surface area contributed by atoms with Gasteiger partial charge in [0.2, 0.25) is 5.91 Å². The van der Waals surface area contributed by atoms with Crippen molar-refractivity contribution in [3.8, 4) is 0 Å². The molecule has 0 atom stereocenters. The van der Waals surface area contributed by atoms with Crippen LogP contribution < -0.4 is 5.32 Å². The maximum absolute atomic E-state index is 13.4. The monoisotopic (exact) mass is 461 g/mol. The molecule has 0 aliphatic rings. The van der Waals surface area contributed by atoms with E-state index in [-0.39, 0.29) is 25.0 Å². The van der Waals surface area contributed by atoms with Gasteiger partial charge in [0, 0.05) is 28.5 Å². The summed E-state index contributed by atoms with van der Waals surface area (Å²) in [6, 6.07) is 21.4. The summed E-state index contributed by atoms with van der Waals surface area (Å²) in [7, 11) is 0. The van der Waals surface area contributed by atoms with Crippen molar-refractivity contribution >= 4 is 29.0 Å². The first kappa shape index (κ1) is 24.3. The Kier molecular flexibility index (Phi) is 8.84. The minimum atomic E-state index is -0.309. The maximum atomic E-state index is 13.4. The number of hydrogen-bond acceptors (Lipinski definition) is 3. The van der Waals surface area contributed by atoms with Gasteiger partial charge in [-0.15, -0.1) is 17.9 Å². The van der Waals surface area contributed by atoms with Crippen LogP contribution >= 0.6 is 11.3 Å². The molecule has 0 fully saturated rings. The summed E-state index contributed by atoms with van der Waals surface area (Å²) in [4.78, 5) is 32.1. The van der Waals surface area contributed by atoms with Gasteiger partial charge in [0.1, 0.15) is 6.54 Å². The van der Waals surface area contributed by atoms with Crippen molar-refractivity contribution in [2.45, 2.75) is 33.4 Å². The molecule has 33 heavy (non-hydrogen) atoms. The zero-order valence-electron chi connectivity index (χ0n) is 19.3. The van der Waals surface area contributed by atoms with Crippen LogP contribution in [0.3, 0.4) is 0 Å². The van der Waals surface area contributed by atoms with Gasteiger partial charge in [0.05, 0.1) is 6.54 Å². The molecule has 2 aromatic carbocycles. The van der Waals surface area contributed by atoms with E-state index in [0.29, 0.717) is 13.1 Å². The van der Waals surface area contributed by atoms with Gasteiger partial charge in [-0.2, -0.15) is 0 Å². The molecule has 1 aromatic heterocycles. The van der Waals surface area contributed by atoms with E-state index in [0.717, 1.165) is 28.1 Å². The Morgan fingerprint density at radius 1 is 0.970 bits per heavy atom. The van der Waals surface area contributed by atoms with Crippen LogP contribution in [0, 0.1) is 6.92 Å². The molecule has 0 radical (unpaired) electrons. The van der Waals surface area contributed by atoms with Gasteiger partial charge in [-0.25, -0.2) is 4.79 Å². The van der Waals surface area contributed by atoms with Crippen molar-refractivity contribution in [2.75, 3.05) is 18.4 Å². The zero-order chi connectivity index (χ0) is 23.6. The Balaban J connectivity index is 1.76. The molecule has 0 aliphatic heterocycles. The number of hydrogen-bond donors (Lipinski definition) is 1. The Morgan fingerprint density at radius 3 is 2.36 bits per heavy atom. The van der Waals surface area contributed by atoms with Crippen molar-refractivity contribution in [3.05, 3.63) is 100 Å². The number of aryl methyl sites for hydroxylation is 2. The van der Waals surface area contributed by atoms with Crippen LogP contribution in [0.1, 0.15) is 27.8 Å². The number of benzene rings is 2. The van der Waals surface area contributed by atoms with Crippen LogP contribution in [0.25, 0.3) is 0 Å². The quantitative estimate of drug-likeness (QED) is 0.384. The van der Waals surface area contributed by atoms with E-state index >= 15 is 0 Å². The summed E-state index contributed by atoms with van der Waals surface area (Å²) in [6.45, 7) is 9.12. The Hall–Kier alpha value is -3.38. The van der Waals surface area contributed by atoms with E-state index in [1.807, 2.05) is 66.4 Å². The smallest absolute Gasteiger partial charge is 0.322 e. The number of thiophene rings is 1. The van der Waals surface area contributed by atoms with Crippen LogP contribution in [0.5, 0.6) is 0 Å². The highest BCUT2D eigenvalue weighted by atomic mass is 32.1. The molecule has 0 saturated carbocycles. The molecule has 6 heteroatoms. The second kappa shape index (κ2) is 12.0. The number of para-hydroxylation sites is 1. The second-order valence-electron chi connectivity index (χ2n) is 7.86. The van der Waals surface area contributed by atoms with Crippen LogP contribution in [-0.2, 0) is 24.3 Å². The first-order chi connectivity index (χ1) is 16.0. The zero-order valence-corrected chi connectivity index (χ0v) is 20.1. The molecule has 3 rings (SSSR count). The molecular weight excluding hydrogens is 430 g/mol. The van der Waals surface area contributed by atoms with E-state index < -0.39 is 0 Å². The minimum absolute atomic E-state index is 0.0245. The lowest BCUT2D eigenvalue weighted by molar-refractivity contribution is -0.132. The first-order valence-corrected chi connectivity index (χ1v) is 11.9. The predicted octanol–water partition coefficient (Wildman–Crippen LogP) is 5.87. The van der Waals surface area contributed by atoms with E-state index in [4.69, 9.17) is 0 Å². The van der Waals surface area contributed by atoms with Gasteiger partial charge >= 0.3 is 6.03 Å². The largest absolute Gasteiger partial charge is 0.332 e. The van der Waals surface area contributed by atoms with Crippen molar-refractivity contribution < 1.29 is 9.59 Å². The number of nitrogens with zero attached hydrogens (tertiary/aromatic N) is 2. The number of urea groups is 1.